The second-order valence-corrected chi connectivity index (χ2v) is 8.01. The number of H-pyrrole nitrogens is 1. The maximum Gasteiger partial charge on any atom is 0.252 e. The van der Waals surface area contributed by atoms with Crippen LogP contribution in [0.4, 0.5) is 5.82 Å². The van der Waals surface area contributed by atoms with Crippen molar-refractivity contribution in [1.29, 1.82) is 0 Å². The molecule has 2 aromatic rings. The monoisotopic (exact) mass is 381 g/mol. The Hall–Kier alpha value is -2.67. The van der Waals surface area contributed by atoms with Crippen LogP contribution in [-0.4, -0.2) is 28.1 Å². The zero-order valence-electron chi connectivity index (χ0n) is 15.8. The molecule has 28 heavy (non-hydrogen) atoms. The fraction of sp³-hybridized carbons (Fsp3) is 0.476. The number of nitrogens with two attached hydrogens (primary N) is 1. The minimum absolute atomic E-state index is 0.0580. The van der Waals surface area contributed by atoms with Gasteiger partial charge in [-0.05, 0) is 43.1 Å². The van der Waals surface area contributed by atoms with Crippen molar-refractivity contribution in [3.63, 3.8) is 0 Å². The second-order valence-electron chi connectivity index (χ2n) is 8.01. The predicted octanol–water partition coefficient (Wildman–Crippen LogP) is 2.36. The van der Waals surface area contributed by atoms with E-state index in [0.29, 0.717) is 17.7 Å². The molecule has 5 N–H and O–H groups in total. The highest BCUT2D eigenvalue weighted by atomic mass is 16.2. The average Bonchev–Trinajstić information content (AvgIpc) is 3.19. The molecular formula is C21H27N5O2. The maximum atomic E-state index is 13.1. The van der Waals surface area contributed by atoms with Gasteiger partial charge >= 0.3 is 0 Å². The van der Waals surface area contributed by atoms with Gasteiger partial charge in [0, 0.05) is 18.0 Å². The highest BCUT2D eigenvalue weighted by Gasteiger charge is 2.41. The molecule has 2 bridgehead atoms. The van der Waals surface area contributed by atoms with E-state index in [1.54, 1.807) is 12.3 Å². The molecule has 4 rings (SSSR count). The number of carbonyl (C=O) groups excluding carboxylic acids is 2. The first kappa shape index (κ1) is 18.7. The number of hydrogen-bond acceptors (Lipinski definition) is 4. The van der Waals surface area contributed by atoms with Crippen molar-refractivity contribution in [3.8, 4) is 0 Å². The number of nitrogens with zero attached hydrogens (tertiary/aromatic N) is 1. The van der Waals surface area contributed by atoms with Crippen LogP contribution in [0.15, 0.2) is 42.6 Å². The summed E-state index contributed by atoms with van der Waals surface area (Å²) in [6.07, 6.45) is 6.60. The molecule has 7 nitrogen and oxygen atoms in total. The van der Waals surface area contributed by atoms with Gasteiger partial charge in [-0.15, -0.1) is 0 Å². The maximum absolute atomic E-state index is 13.1. The van der Waals surface area contributed by atoms with Gasteiger partial charge in [0.05, 0.1) is 6.20 Å². The van der Waals surface area contributed by atoms with Gasteiger partial charge in [-0.1, -0.05) is 36.8 Å². The van der Waals surface area contributed by atoms with Crippen molar-refractivity contribution in [2.75, 3.05) is 5.32 Å². The number of aromatic nitrogens is 2. The zero-order valence-corrected chi connectivity index (χ0v) is 15.8. The van der Waals surface area contributed by atoms with Crippen LogP contribution in [0.5, 0.6) is 0 Å². The van der Waals surface area contributed by atoms with Crippen molar-refractivity contribution in [2.24, 2.45) is 23.5 Å². The summed E-state index contributed by atoms with van der Waals surface area (Å²) in [6, 6.07) is 10.4. The molecule has 1 aromatic carbocycles. The number of carbonyl (C=O) groups is 2. The van der Waals surface area contributed by atoms with Crippen LogP contribution in [0.1, 0.15) is 43.7 Å². The third-order valence-electron chi connectivity index (χ3n) is 6.22. The molecule has 0 aliphatic heterocycles. The van der Waals surface area contributed by atoms with Crippen molar-refractivity contribution in [1.82, 2.24) is 15.5 Å². The first-order chi connectivity index (χ1) is 13.6. The van der Waals surface area contributed by atoms with Gasteiger partial charge in [0.1, 0.15) is 11.9 Å². The minimum Gasteiger partial charge on any atom is -0.340 e. The third kappa shape index (κ3) is 3.94. The van der Waals surface area contributed by atoms with Gasteiger partial charge in [-0.25, -0.2) is 0 Å². The summed E-state index contributed by atoms with van der Waals surface area (Å²) in [5.41, 5.74) is 7.11. The van der Waals surface area contributed by atoms with Gasteiger partial charge in [-0.3, -0.25) is 14.7 Å². The SMILES string of the molecule is NC1C2CCCC1CC(C(=O)NC(C(=O)Nc1ccn[nH]1)c1ccccc1)C2. The fourth-order valence-electron chi connectivity index (χ4n) is 4.74. The Morgan fingerprint density at radius 3 is 2.46 bits per heavy atom. The molecule has 2 aliphatic carbocycles. The molecule has 2 aliphatic rings. The van der Waals surface area contributed by atoms with E-state index in [4.69, 9.17) is 5.73 Å². The summed E-state index contributed by atoms with van der Waals surface area (Å²) in [4.78, 5) is 26.0. The average molecular weight is 381 g/mol. The number of amides is 2. The minimum atomic E-state index is -0.757. The molecule has 3 atom stereocenters. The third-order valence-corrected chi connectivity index (χ3v) is 6.22. The van der Waals surface area contributed by atoms with E-state index in [-0.39, 0.29) is 23.8 Å². The van der Waals surface area contributed by atoms with E-state index in [0.717, 1.165) is 31.2 Å². The second kappa shape index (κ2) is 8.14. The van der Waals surface area contributed by atoms with Crippen molar-refractivity contribution >= 4 is 17.6 Å². The largest absolute Gasteiger partial charge is 0.340 e. The molecule has 2 amide bonds. The van der Waals surface area contributed by atoms with Crippen molar-refractivity contribution < 1.29 is 9.59 Å². The molecule has 2 saturated carbocycles. The number of benzene rings is 1. The first-order valence-corrected chi connectivity index (χ1v) is 10.0. The lowest BCUT2D eigenvalue weighted by atomic mass is 9.65. The van der Waals surface area contributed by atoms with E-state index >= 15 is 0 Å². The molecule has 148 valence electrons. The van der Waals surface area contributed by atoms with Crippen LogP contribution >= 0.6 is 0 Å². The van der Waals surface area contributed by atoms with E-state index < -0.39 is 6.04 Å². The number of anilines is 1. The van der Waals surface area contributed by atoms with E-state index in [1.165, 1.54) is 6.42 Å². The zero-order chi connectivity index (χ0) is 19.5. The standard InChI is InChI=1S/C21H27N5O2/c22-18-14-7-4-8-15(18)12-16(11-14)20(27)25-19(13-5-2-1-3-6-13)21(28)24-17-9-10-23-26-17/h1-3,5-6,9-10,14-16,18-19H,4,7-8,11-12,22H2,(H,25,27)(H2,23,24,26,28). The van der Waals surface area contributed by atoms with Crippen LogP contribution in [0, 0.1) is 17.8 Å². The first-order valence-electron chi connectivity index (χ1n) is 10.0. The van der Waals surface area contributed by atoms with E-state index in [1.807, 2.05) is 30.3 Å². The molecule has 1 heterocycles. The number of nitrogens with one attached hydrogen (secondary N) is 3. The van der Waals surface area contributed by atoms with E-state index in [9.17, 15) is 9.59 Å². The lowest BCUT2D eigenvalue weighted by Crippen LogP contribution is -2.50. The lowest BCUT2D eigenvalue weighted by Gasteiger charge is -2.43. The van der Waals surface area contributed by atoms with Gasteiger partial charge in [0.2, 0.25) is 5.91 Å². The molecular weight excluding hydrogens is 354 g/mol. The number of rotatable bonds is 5. The van der Waals surface area contributed by atoms with Gasteiger partial charge in [0.25, 0.3) is 5.91 Å². The van der Waals surface area contributed by atoms with Gasteiger partial charge < -0.3 is 16.4 Å². The normalized spacial score (nSPS) is 27.6. The molecule has 1 aromatic heterocycles. The molecule has 0 radical (unpaired) electrons. The Kier molecular flexibility index (Phi) is 5.43. The van der Waals surface area contributed by atoms with Crippen LogP contribution < -0.4 is 16.4 Å². The molecule has 0 spiro atoms. The lowest BCUT2D eigenvalue weighted by molar-refractivity contribution is -0.131. The Morgan fingerprint density at radius 2 is 1.82 bits per heavy atom. The Bertz CT molecular complexity index is 793. The Balaban J connectivity index is 1.49. The molecule has 7 heteroatoms. The van der Waals surface area contributed by atoms with Gasteiger partial charge in [-0.2, -0.15) is 5.10 Å². The molecule has 0 saturated heterocycles. The summed E-state index contributed by atoms with van der Waals surface area (Å²) in [6.45, 7) is 0. The van der Waals surface area contributed by atoms with Crippen LogP contribution in [-0.2, 0) is 9.59 Å². The number of hydrogen-bond donors (Lipinski definition) is 4. The summed E-state index contributed by atoms with van der Waals surface area (Å²) in [5.74, 6) is 0.892. The number of aromatic amines is 1. The van der Waals surface area contributed by atoms with E-state index in [2.05, 4.69) is 20.8 Å². The summed E-state index contributed by atoms with van der Waals surface area (Å²) < 4.78 is 0. The van der Waals surface area contributed by atoms with Crippen LogP contribution in [0.3, 0.4) is 0 Å². The van der Waals surface area contributed by atoms with Crippen LogP contribution in [0.2, 0.25) is 0 Å². The topological polar surface area (TPSA) is 113 Å². The Morgan fingerprint density at radius 1 is 1.11 bits per heavy atom. The molecule has 2 fully saturated rings. The van der Waals surface area contributed by atoms with Crippen molar-refractivity contribution in [3.05, 3.63) is 48.2 Å². The smallest absolute Gasteiger partial charge is 0.252 e. The summed E-state index contributed by atoms with van der Waals surface area (Å²) in [5, 5.41) is 12.3. The molecule has 3 unspecified atom stereocenters. The summed E-state index contributed by atoms with van der Waals surface area (Å²) in [7, 11) is 0. The van der Waals surface area contributed by atoms with Crippen molar-refractivity contribution in [2.45, 2.75) is 44.2 Å². The highest BCUT2D eigenvalue weighted by molar-refractivity contribution is 5.97. The predicted molar refractivity (Wildman–Crippen MR) is 106 cm³/mol. The van der Waals surface area contributed by atoms with Gasteiger partial charge in [0.15, 0.2) is 0 Å². The Labute approximate surface area is 164 Å². The number of fused-ring (bicyclic) bond motifs is 2. The van der Waals surface area contributed by atoms with Crippen LogP contribution in [0.25, 0.3) is 0 Å². The highest BCUT2D eigenvalue weighted by Crippen LogP contribution is 2.42. The summed E-state index contributed by atoms with van der Waals surface area (Å²) >= 11 is 0. The quantitative estimate of drug-likeness (QED) is 0.637. The fourth-order valence-corrected chi connectivity index (χ4v) is 4.74.